The van der Waals surface area contributed by atoms with Crippen LogP contribution < -0.4 is 10.1 Å². The molecule has 0 aliphatic carbocycles. The minimum atomic E-state index is -0.302. The fourth-order valence-corrected chi connectivity index (χ4v) is 3.40. The summed E-state index contributed by atoms with van der Waals surface area (Å²) in [4.78, 5) is 16.6. The quantitative estimate of drug-likeness (QED) is 0.464. The number of hydrogen-bond acceptors (Lipinski definition) is 5. The Morgan fingerprint density at radius 3 is 2.77 bits per heavy atom. The normalized spacial score (nSPS) is 10.8. The maximum Gasteiger partial charge on any atom is 0.246 e. The molecule has 1 amide bonds. The summed E-state index contributed by atoms with van der Waals surface area (Å²) in [5.74, 6) is 0.363. The van der Waals surface area contributed by atoms with Crippen LogP contribution in [0.2, 0.25) is 10.0 Å². The summed E-state index contributed by atoms with van der Waals surface area (Å²) < 4.78 is 8.87. The number of nitrogens with zero attached hydrogens (tertiary/aromatic N) is 5. The van der Waals surface area contributed by atoms with Gasteiger partial charge >= 0.3 is 0 Å². The van der Waals surface area contributed by atoms with E-state index >= 15 is 0 Å². The van der Waals surface area contributed by atoms with E-state index < -0.39 is 0 Å². The highest BCUT2D eigenvalue weighted by Gasteiger charge is 2.13. The van der Waals surface area contributed by atoms with Gasteiger partial charge in [-0.2, -0.15) is 0 Å². The van der Waals surface area contributed by atoms with Gasteiger partial charge in [0.15, 0.2) is 0 Å². The number of ether oxygens (including phenoxy) is 1. The second-order valence-corrected chi connectivity index (χ2v) is 7.55. The first-order valence-electron chi connectivity index (χ1n) is 9.28. The summed E-state index contributed by atoms with van der Waals surface area (Å²) in [7, 11) is 1.61. The van der Waals surface area contributed by atoms with E-state index in [0.717, 1.165) is 16.9 Å². The van der Waals surface area contributed by atoms with Crippen LogP contribution in [0.5, 0.6) is 5.75 Å². The maximum absolute atomic E-state index is 12.4. The topological polar surface area (TPSA) is 86.9 Å². The smallest absolute Gasteiger partial charge is 0.246 e. The van der Waals surface area contributed by atoms with E-state index in [-0.39, 0.29) is 17.5 Å². The van der Waals surface area contributed by atoms with E-state index in [1.807, 2.05) is 35.9 Å². The van der Waals surface area contributed by atoms with E-state index in [0.29, 0.717) is 22.2 Å². The summed E-state index contributed by atoms with van der Waals surface area (Å²) in [5, 5.41) is 11.6. The highest BCUT2D eigenvalue weighted by Crippen LogP contribution is 2.30. The van der Waals surface area contributed by atoms with Crippen LogP contribution in [-0.2, 0) is 11.3 Å². The lowest BCUT2D eigenvalue weighted by Gasteiger charge is -2.10. The van der Waals surface area contributed by atoms with Crippen molar-refractivity contribution in [1.29, 1.82) is 0 Å². The number of benzene rings is 2. The fraction of sp³-hybridized carbons (Fsp3) is 0.143. The maximum atomic E-state index is 12.4. The zero-order valence-corrected chi connectivity index (χ0v) is 18.2. The van der Waals surface area contributed by atoms with Crippen molar-refractivity contribution in [2.45, 2.75) is 13.5 Å². The van der Waals surface area contributed by atoms with Gasteiger partial charge in [0.25, 0.3) is 0 Å². The monoisotopic (exact) mass is 456 g/mol. The molecule has 31 heavy (non-hydrogen) atoms. The van der Waals surface area contributed by atoms with Crippen molar-refractivity contribution in [3.63, 3.8) is 0 Å². The second kappa shape index (κ2) is 8.79. The summed E-state index contributed by atoms with van der Waals surface area (Å²) in [6, 6.07) is 10.7. The molecule has 0 fully saturated rings. The van der Waals surface area contributed by atoms with Gasteiger partial charge < -0.3 is 14.6 Å². The second-order valence-electron chi connectivity index (χ2n) is 6.76. The lowest BCUT2D eigenvalue weighted by Crippen LogP contribution is -2.19. The average Bonchev–Trinajstić information content (AvgIpc) is 3.40. The van der Waals surface area contributed by atoms with Gasteiger partial charge in [0.05, 0.1) is 46.7 Å². The van der Waals surface area contributed by atoms with E-state index in [1.54, 1.807) is 37.8 Å². The third-order valence-corrected chi connectivity index (χ3v) is 5.35. The predicted molar refractivity (Wildman–Crippen MR) is 119 cm³/mol. The molecule has 0 bridgehead atoms. The molecule has 0 aliphatic rings. The molecule has 0 spiro atoms. The minimum Gasteiger partial charge on any atom is -0.495 e. The van der Waals surface area contributed by atoms with Crippen LogP contribution in [0.3, 0.4) is 0 Å². The van der Waals surface area contributed by atoms with Gasteiger partial charge in [0.2, 0.25) is 5.91 Å². The Morgan fingerprint density at radius 2 is 2.03 bits per heavy atom. The number of amides is 1. The zero-order chi connectivity index (χ0) is 22.0. The van der Waals surface area contributed by atoms with E-state index in [1.165, 1.54) is 4.68 Å². The van der Waals surface area contributed by atoms with Gasteiger partial charge in [-0.1, -0.05) is 40.5 Å². The molecule has 1 N–H and O–H groups in total. The summed E-state index contributed by atoms with van der Waals surface area (Å²) in [6.07, 6.45) is 5.33. The van der Waals surface area contributed by atoms with Crippen molar-refractivity contribution in [3.8, 4) is 22.7 Å². The van der Waals surface area contributed by atoms with Gasteiger partial charge in [-0.25, -0.2) is 9.67 Å². The summed E-state index contributed by atoms with van der Waals surface area (Å²) in [5.41, 5.74) is 3.63. The molecule has 0 unspecified atom stereocenters. The van der Waals surface area contributed by atoms with E-state index in [9.17, 15) is 4.79 Å². The van der Waals surface area contributed by atoms with Crippen LogP contribution in [0.4, 0.5) is 5.69 Å². The standard InChI is InChI=1S/C21H18Cl2N6O2/c1-13-9-28(12-24-13)18-7-6-14(8-19(18)31-2)17-10-29(27-26-17)11-20(30)25-16-5-3-4-15(22)21(16)23/h3-10,12H,11H2,1-2H3,(H,25,30). The lowest BCUT2D eigenvalue weighted by atomic mass is 10.1. The molecule has 2 heterocycles. The number of rotatable bonds is 6. The number of carbonyl (C=O) groups excluding carboxylic acids is 1. The molecule has 0 aliphatic heterocycles. The van der Waals surface area contributed by atoms with Gasteiger partial charge in [0.1, 0.15) is 18.0 Å². The van der Waals surface area contributed by atoms with Crippen molar-refractivity contribution in [2.24, 2.45) is 0 Å². The van der Waals surface area contributed by atoms with Crippen LogP contribution in [0.1, 0.15) is 5.69 Å². The largest absolute Gasteiger partial charge is 0.495 e. The molecule has 2 aromatic heterocycles. The molecular weight excluding hydrogens is 439 g/mol. The van der Waals surface area contributed by atoms with Crippen LogP contribution in [0, 0.1) is 6.92 Å². The van der Waals surface area contributed by atoms with Crippen LogP contribution in [0.15, 0.2) is 55.1 Å². The highest BCUT2D eigenvalue weighted by atomic mass is 35.5. The molecule has 0 atom stereocenters. The first kappa shape index (κ1) is 20.9. The molecule has 10 heteroatoms. The molecule has 4 rings (SSSR count). The Bertz CT molecular complexity index is 1250. The first-order valence-corrected chi connectivity index (χ1v) is 10.0. The van der Waals surface area contributed by atoms with Crippen molar-refractivity contribution < 1.29 is 9.53 Å². The van der Waals surface area contributed by atoms with Crippen molar-refractivity contribution in [1.82, 2.24) is 24.5 Å². The Hall–Kier alpha value is -3.36. The highest BCUT2D eigenvalue weighted by molar-refractivity contribution is 6.43. The van der Waals surface area contributed by atoms with E-state index in [4.69, 9.17) is 27.9 Å². The van der Waals surface area contributed by atoms with Crippen LogP contribution in [-0.4, -0.2) is 37.6 Å². The Balaban J connectivity index is 1.50. The molecule has 2 aromatic carbocycles. The number of carbonyl (C=O) groups is 1. The van der Waals surface area contributed by atoms with Crippen LogP contribution in [0.25, 0.3) is 16.9 Å². The third-order valence-electron chi connectivity index (χ3n) is 4.54. The summed E-state index contributed by atoms with van der Waals surface area (Å²) in [6.45, 7) is 1.89. The molecule has 0 saturated heterocycles. The van der Waals surface area contributed by atoms with Crippen molar-refractivity contribution >= 4 is 34.8 Å². The van der Waals surface area contributed by atoms with Crippen molar-refractivity contribution in [3.05, 3.63) is 70.9 Å². The molecule has 0 saturated carbocycles. The Kier molecular flexibility index (Phi) is 5.92. The number of aromatic nitrogens is 5. The Morgan fingerprint density at radius 1 is 1.19 bits per heavy atom. The molecule has 4 aromatic rings. The van der Waals surface area contributed by atoms with Gasteiger partial charge in [-0.3, -0.25) is 4.79 Å². The van der Waals surface area contributed by atoms with Gasteiger partial charge in [-0.15, -0.1) is 5.10 Å². The summed E-state index contributed by atoms with van der Waals surface area (Å²) >= 11 is 12.1. The predicted octanol–water partition coefficient (Wildman–Crippen LogP) is 4.39. The number of methoxy groups -OCH3 is 1. The SMILES string of the molecule is COc1cc(-c2cn(CC(=O)Nc3cccc(Cl)c3Cl)nn2)ccc1-n1cnc(C)c1. The molecular formula is C21H18Cl2N6O2. The first-order chi connectivity index (χ1) is 14.9. The van der Waals surface area contributed by atoms with Crippen molar-refractivity contribution in [2.75, 3.05) is 12.4 Å². The number of halogens is 2. The third kappa shape index (κ3) is 4.55. The number of anilines is 1. The number of imidazole rings is 1. The number of hydrogen-bond donors (Lipinski definition) is 1. The zero-order valence-electron chi connectivity index (χ0n) is 16.7. The van der Waals surface area contributed by atoms with Gasteiger partial charge in [-0.05, 0) is 31.2 Å². The number of aryl methyl sites for hydroxylation is 1. The average molecular weight is 457 g/mol. The van der Waals surface area contributed by atoms with E-state index in [2.05, 4.69) is 20.6 Å². The van der Waals surface area contributed by atoms with Gasteiger partial charge in [0, 0.05) is 11.8 Å². The number of nitrogens with one attached hydrogen (secondary N) is 1. The fourth-order valence-electron chi connectivity index (χ4n) is 3.05. The lowest BCUT2D eigenvalue weighted by molar-refractivity contribution is -0.116. The molecule has 0 radical (unpaired) electrons. The van der Waals surface area contributed by atoms with Crippen LogP contribution >= 0.6 is 23.2 Å². The molecule has 158 valence electrons. The molecule has 8 nitrogen and oxygen atoms in total. The minimum absolute atomic E-state index is 0.0284. The Labute approximate surface area is 188 Å².